The van der Waals surface area contributed by atoms with Gasteiger partial charge in [-0.2, -0.15) is 0 Å². The zero-order valence-corrected chi connectivity index (χ0v) is 19.3. The second-order valence-electron chi connectivity index (χ2n) is 9.24. The van der Waals surface area contributed by atoms with Crippen LogP contribution in [0.4, 0.5) is 0 Å². The number of fused-ring (bicyclic) bond motifs is 2. The van der Waals surface area contributed by atoms with Crippen LogP contribution in [-0.2, 0) is 10.2 Å². The fourth-order valence-electron chi connectivity index (χ4n) is 4.98. The second kappa shape index (κ2) is 8.65. The molecule has 2 aliphatic carbocycles. The van der Waals surface area contributed by atoms with Crippen molar-refractivity contribution in [3.63, 3.8) is 0 Å². The fraction of sp³-hybridized carbons (Fsp3) is 0.333. The molecule has 1 unspecified atom stereocenters. The molecule has 174 valence electrons. The number of nitrogens with zero attached hydrogens (tertiary/aromatic N) is 3. The Labute approximate surface area is 198 Å². The lowest BCUT2D eigenvalue weighted by Crippen LogP contribution is -2.29. The van der Waals surface area contributed by atoms with E-state index in [0.29, 0.717) is 17.9 Å². The Hall–Kier alpha value is -3.58. The number of likely N-dealkylation sites (N-methyl/N-ethyl adjacent to an activating group) is 1. The molecule has 0 aliphatic heterocycles. The molecule has 2 aliphatic rings. The molecule has 0 saturated heterocycles. The molecule has 1 saturated carbocycles. The third-order valence-corrected chi connectivity index (χ3v) is 6.89. The Bertz CT molecular complexity index is 1250. The largest absolute Gasteiger partial charge is 0.427 e. The first-order chi connectivity index (χ1) is 16.4. The third-order valence-electron chi connectivity index (χ3n) is 6.89. The highest BCUT2D eigenvalue weighted by molar-refractivity contribution is 5.94. The van der Waals surface area contributed by atoms with Gasteiger partial charge in [-0.3, -0.25) is 9.59 Å². The van der Waals surface area contributed by atoms with Gasteiger partial charge in [0, 0.05) is 50.0 Å². The fourth-order valence-corrected chi connectivity index (χ4v) is 4.98. The number of amides is 1. The summed E-state index contributed by atoms with van der Waals surface area (Å²) in [4.78, 5) is 35.0. The molecular weight excluding hydrogens is 430 g/mol. The van der Waals surface area contributed by atoms with Crippen molar-refractivity contribution in [2.24, 2.45) is 0 Å². The number of aliphatic hydroxyl groups excluding tert-OH is 1. The van der Waals surface area contributed by atoms with Crippen molar-refractivity contribution in [2.45, 2.75) is 37.5 Å². The van der Waals surface area contributed by atoms with E-state index in [2.05, 4.69) is 6.07 Å². The number of benzene rings is 2. The standard InChI is InChI=1S/C27H27N3O4/c1-17(32)34-21-5-3-4-18(12-21)20-15-28-25(29-16-20)23-14-27(8-9-27)24-7-6-19(13-22(23)24)26(33)30(2)10-11-31/h3-7,12-13,15-16,23,31H,8-11,14H2,1-2H3. The lowest BCUT2D eigenvalue weighted by Gasteiger charge is -2.17. The Balaban J connectivity index is 1.44. The molecular formula is C27H27N3O4. The molecule has 1 spiro atoms. The van der Waals surface area contributed by atoms with Crippen LogP contribution in [0.2, 0.25) is 0 Å². The molecule has 5 rings (SSSR count). The van der Waals surface area contributed by atoms with E-state index in [4.69, 9.17) is 14.7 Å². The van der Waals surface area contributed by atoms with Gasteiger partial charge < -0.3 is 14.7 Å². The molecule has 0 radical (unpaired) electrons. The number of carbonyl (C=O) groups is 2. The summed E-state index contributed by atoms with van der Waals surface area (Å²) in [6.07, 6.45) is 6.85. The van der Waals surface area contributed by atoms with Gasteiger partial charge >= 0.3 is 5.97 Å². The third kappa shape index (κ3) is 4.07. The van der Waals surface area contributed by atoms with Gasteiger partial charge in [-0.1, -0.05) is 18.2 Å². The molecule has 1 amide bonds. The molecule has 7 nitrogen and oxygen atoms in total. The van der Waals surface area contributed by atoms with Crippen molar-refractivity contribution in [1.82, 2.24) is 14.9 Å². The summed E-state index contributed by atoms with van der Waals surface area (Å²) in [6.45, 7) is 1.61. The SMILES string of the molecule is CC(=O)Oc1cccc(-c2cnc(C3CC4(CC4)c4ccc(C(=O)N(C)CCO)cc43)nc2)c1. The molecule has 0 bridgehead atoms. The van der Waals surface area contributed by atoms with Crippen LogP contribution < -0.4 is 4.74 Å². The van der Waals surface area contributed by atoms with E-state index in [1.54, 1.807) is 31.6 Å². The molecule has 34 heavy (non-hydrogen) atoms. The van der Waals surface area contributed by atoms with Crippen LogP contribution in [0.1, 0.15) is 59.4 Å². The smallest absolute Gasteiger partial charge is 0.308 e. The maximum absolute atomic E-state index is 12.8. The predicted molar refractivity (Wildman–Crippen MR) is 127 cm³/mol. The van der Waals surface area contributed by atoms with E-state index >= 15 is 0 Å². The molecule has 3 aromatic rings. The minimum absolute atomic E-state index is 0.0369. The topological polar surface area (TPSA) is 92.6 Å². The van der Waals surface area contributed by atoms with Crippen molar-refractivity contribution in [2.75, 3.05) is 20.2 Å². The van der Waals surface area contributed by atoms with Crippen LogP contribution in [0.5, 0.6) is 5.75 Å². The summed E-state index contributed by atoms with van der Waals surface area (Å²) in [5.74, 6) is 0.806. The van der Waals surface area contributed by atoms with Gasteiger partial charge in [0.15, 0.2) is 0 Å². The van der Waals surface area contributed by atoms with E-state index in [1.165, 1.54) is 17.4 Å². The van der Waals surface area contributed by atoms with E-state index < -0.39 is 0 Å². The van der Waals surface area contributed by atoms with Crippen LogP contribution >= 0.6 is 0 Å². The Kier molecular flexibility index (Phi) is 5.65. The number of carbonyl (C=O) groups excluding carboxylic acids is 2. The van der Waals surface area contributed by atoms with Crippen molar-refractivity contribution in [3.05, 3.63) is 77.4 Å². The quantitative estimate of drug-likeness (QED) is 0.448. The average Bonchev–Trinajstić information content (AvgIpc) is 3.55. The van der Waals surface area contributed by atoms with Crippen molar-refractivity contribution in [3.8, 4) is 16.9 Å². The minimum atomic E-state index is -0.363. The predicted octanol–water partition coefficient (Wildman–Crippen LogP) is 3.70. The first kappa shape index (κ1) is 22.2. The van der Waals surface area contributed by atoms with E-state index in [1.807, 2.05) is 24.3 Å². The molecule has 1 aromatic heterocycles. The second-order valence-corrected chi connectivity index (χ2v) is 9.24. The number of hydrogen-bond donors (Lipinski definition) is 1. The van der Waals surface area contributed by atoms with Gasteiger partial charge in [0.2, 0.25) is 0 Å². The molecule has 1 atom stereocenters. The number of aromatic nitrogens is 2. The molecule has 1 N–H and O–H groups in total. The maximum Gasteiger partial charge on any atom is 0.308 e. The Morgan fingerprint density at radius 3 is 2.56 bits per heavy atom. The number of aliphatic hydroxyl groups is 1. The first-order valence-electron chi connectivity index (χ1n) is 11.5. The van der Waals surface area contributed by atoms with Gasteiger partial charge in [0.25, 0.3) is 5.91 Å². The summed E-state index contributed by atoms with van der Waals surface area (Å²) in [5.41, 5.74) is 4.95. The van der Waals surface area contributed by atoms with Crippen LogP contribution in [0.3, 0.4) is 0 Å². The highest BCUT2D eigenvalue weighted by Crippen LogP contribution is 2.61. The van der Waals surface area contributed by atoms with E-state index in [9.17, 15) is 14.7 Å². The number of rotatable bonds is 6. The maximum atomic E-state index is 12.8. The summed E-state index contributed by atoms with van der Waals surface area (Å²) < 4.78 is 5.19. The molecule has 1 fully saturated rings. The van der Waals surface area contributed by atoms with Crippen molar-refractivity contribution < 1.29 is 19.4 Å². The van der Waals surface area contributed by atoms with Gasteiger partial charge in [0.05, 0.1) is 6.61 Å². The molecule has 1 heterocycles. The summed E-state index contributed by atoms with van der Waals surface area (Å²) in [6, 6.07) is 13.3. The minimum Gasteiger partial charge on any atom is -0.427 e. The summed E-state index contributed by atoms with van der Waals surface area (Å²) in [7, 11) is 1.70. The highest BCUT2D eigenvalue weighted by Gasteiger charge is 2.53. The van der Waals surface area contributed by atoms with E-state index in [-0.39, 0.29) is 29.8 Å². The zero-order valence-electron chi connectivity index (χ0n) is 19.3. The lowest BCUT2D eigenvalue weighted by atomic mass is 9.97. The van der Waals surface area contributed by atoms with Crippen LogP contribution in [-0.4, -0.2) is 52.1 Å². The van der Waals surface area contributed by atoms with Gasteiger partial charge in [-0.25, -0.2) is 9.97 Å². The first-order valence-corrected chi connectivity index (χ1v) is 11.5. The summed E-state index contributed by atoms with van der Waals surface area (Å²) in [5, 5.41) is 9.18. The van der Waals surface area contributed by atoms with Gasteiger partial charge in [0.1, 0.15) is 11.6 Å². The number of esters is 1. The highest BCUT2D eigenvalue weighted by atomic mass is 16.5. The molecule has 7 heteroatoms. The van der Waals surface area contributed by atoms with Crippen LogP contribution in [0.25, 0.3) is 11.1 Å². The summed E-state index contributed by atoms with van der Waals surface area (Å²) >= 11 is 0. The number of hydrogen-bond acceptors (Lipinski definition) is 6. The van der Waals surface area contributed by atoms with Crippen LogP contribution in [0.15, 0.2) is 54.9 Å². The Morgan fingerprint density at radius 2 is 1.88 bits per heavy atom. The number of ether oxygens (including phenoxy) is 1. The normalized spacial score (nSPS) is 17.3. The van der Waals surface area contributed by atoms with Gasteiger partial charge in [-0.15, -0.1) is 0 Å². The van der Waals surface area contributed by atoms with Crippen molar-refractivity contribution >= 4 is 11.9 Å². The van der Waals surface area contributed by atoms with Gasteiger partial charge in [-0.05, 0) is 65.6 Å². The molecule has 2 aromatic carbocycles. The zero-order chi connectivity index (χ0) is 23.9. The average molecular weight is 458 g/mol. The van der Waals surface area contributed by atoms with Crippen molar-refractivity contribution in [1.29, 1.82) is 0 Å². The van der Waals surface area contributed by atoms with Crippen LogP contribution in [0, 0.1) is 0 Å². The van der Waals surface area contributed by atoms with E-state index in [0.717, 1.165) is 41.8 Å². The monoisotopic (exact) mass is 457 g/mol. The lowest BCUT2D eigenvalue weighted by molar-refractivity contribution is -0.131. The Morgan fingerprint density at radius 1 is 1.12 bits per heavy atom.